The Bertz CT molecular complexity index is 602. The number of ether oxygens (including phenoxy) is 1. The van der Waals surface area contributed by atoms with Crippen molar-refractivity contribution in [1.82, 2.24) is 20.0 Å². The number of imidazole rings is 1. The van der Waals surface area contributed by atoms with Gasteiger partial charge in [0.05, 0.1) is 7.11 Å². The van der Waals surface area contributed by atoms with Crippen LogP contribution in [0.1, 0.15) is 22.1 Å². The molecule has 1 fully saturated rings. The molecule has 0 bridgehead atoms. The summed E-state index contributed by atoms with van der Waals surface area (Å²) in [5.41, 5.74) is 2.37. The molecule has 0 spiro atoms. The predicted molar refractivity (Wildman–Crippen MR) is 70.1 cm³/mol. The molecule has 3 heterocycles. The van der Waals surface area contributed by atoms with Crippen LogP contribution in [0.5, 0.6) is 0 Å². The van der Waals surface area contributed by atoms with Crippen LogP contribution in [0, 0.1) is 0 Å². The normalized spacial score (nSPS) is 19.5. The zero-order valence-electron chi connectivity index (χ0n) is 10.7. The highest BCUT2D eigenvalue weighted by Gasteiger charge is 2.20. The Morgan fingerprint density at radius 2 is 2.37 bits per heavy atom. The third-order valence-electron chi connectivity index (χ3n) is 3.39. The Balaban J connectivity index is 2.07. The molecular formula is C13H16N4O2. The van der Waals surface area contributed by atoms with E-state index in [1.54, 1.807) is 22.9 Å². The predicted octanol–water partition coefficient (Wildman–Crippen LogP) is 0.355. The summed E-state index contributed by atoms with van der Waals surface area (Å²) < 4.78 is 6.56. The molecule has 6 nitrogen and oxygen atoms in total. The number of fused-ring (bicyclic) bond motifs is 1. The molecule has 1 saturated heterocycles. The van der Waals surface area contributed by atoms with Crippen LogP contribution in [0.15, 0.2) is 24.5 Å². The summed E-state index contributed by atoms with van der Waals surface area (Å²) in [4.78, 5) is 16.1. The Labute approximate surface area is 110 Å². The van der Waals surface area contributed by atoms with Crippen molar-refractivity contribution >= 4 is 11.6 Å². The number of rotatable bonds is 2. The van der Waals surface area contributed by atoms with E-state index in [0.29, 0.717) is 5.69 Å². The van der Waals surface area contributed by atoms with Crippen LogP contribution in [0.4, 0.5) is 0 Å². The molecule has 1 aliphatic rings. The number of nitrogens with one attached hydrogen (secondary N) is 2. The molecular weight excluding hydrogens is 244 g/mol. The molecule has 0 aliphatic carbocycles. The highest BCUT2D eigenvalue weighted by molar-refractivity contribution is 5.88. The monoisotopic (exact) mass is 260 g/mol. The van der Waals surface area contributed by atoms with Gasteiger partial charge in [-0.25, -0.2) is 9.78 Å². The standard InChI is InChI=1S/C13H16N4O2/c1-19-13(18)11-3-2-9(10-8-14-4-5-15-10)12-16-6-7-17(11)12/h2-3,6-7,10,14-15H,4-5,8H2,1H3. The van der Waals surface area contributed by atoms with E-state index in [2.05, 4.69) is 15.6 Å². The highest BCUT2D eigenvalue weighted by atomic mass is 16.5. The SMILES string of the molecule is COC(=O)c1ccc(C2CNCCN2)c2nccn12. The summed E-state index contributed by atoms with van der Waals surface area (Å²) in [5, 5.41) is 6.80. The quantitative estimate of drug-likeness (QED) is 0.763. The lowest BCUT2D eigenvalue weighted by atomic mass is 10.1. The first-order valence-corrected chi connectivity index (χ1v) is 6.29. The topological polar surface area (TPSA) is 67.7 Å². The smallest absolute Gasteiger partial charge is 0.355 e. The molecule has 0 saturated carbocycles. The molecule has 3 rings (SSSR count). The third kappa shape index (κ3) is 2.09. The number of piperazine rings is 1. The van der Waals surface area contributed by atoms with Crippen molar-refractivity contribution in [1.29, 1.82) is 0 Å². The molecule has 1 atom stereocenters. The van der Waals surface area contributed by atoms with Crippen LogP contribution in [0.3, 0.4) is 0 Å². The number of carbonyl (C=O) groups excluding carboxylic acids is 1. The van der Waals surface area contributed by atoms with Crippen molar-refractivity contribution in [2.24, 2.45) is 0 Å². The van der Waals surface area contributed by atoms with E-state index in [0.717, 1.165) is 30.8 Å². The van der Waals surface area contributed by atoms with Gasteiger partial charge in [0.15, 0.2) is 0 Å². The summed E-state index contributed by atoms with van der Waals surface area (Å²) >= 11 is 0. The number of hydrogen-bond acceptors (Lipinski definition) is 5. The lowest BCUT2D eigenvalue weighted by Gasteiger charge is -2.25. The van der Waals surface area contributed by atoms with Gasteiger partial charge in [-0.05, 0) is 6.07 Å². The number of hydrogen-bond donors (Lipinski definition) is 2. The van der Waals surface area contributed by atoms with E-state index >= 15 is 0 Å². The van der Waals surface area contributed by atoms with Crippen molar-refractivity contribution < 1.29 is 9.53 Å². The molecule has 0 aromatic carbocycles. The second-order valence-corrected chi connectivity index (χ2v) is 4.50. The Hall–Kier alpha value is -1.92. The molecule has 1 unspecified atom stereocenters. The molecule has 2 aromatic rings. The van der Waals surface area contributed by atoms with E-state index in [-0.39, 0.29) is 12.0 Å². The molecule has 6 heteroatoms. The zero-order valence-corrected chi connectivity index (χ0v) is 10.7. The van der Waals surface area contributed by atoms with Gasteiger partial charge in [0, 0.05) is 43.6 Å². The Morgan fingerprint density at radius 1 is 1.47 bits per heavy atom. The van der Waals surface area contributed by atoms with Crippen LogP contribution in [-0.2, 0) is 4.74 Å². The average Bonchev–Trinajstić information content (AvgIpc) is 2.95. The van der Waals surface area contributed by atoms with Crippen LogP contribution in [-0.4, -0.2) is 42.1 Å². The summed E-state index contributed by atoms with van der Waals surface area (Å²) in [6.07, 6.45) is 3.48. The second kappa shape index (κ2) is 4.99. The van der Waals surface area contributed by atoms with Gasteiger partial charge < -0.3 is 15.4 Å². The van der Waals surface area contributed by atoms with Crippen molar-refractivity contribution in [3.8, 4) is 0 Å². The van der Waals surface area contributed by atoms with E-state index in [9.17, 15) is 4.79 Å². The van der Waals surface area contributed by atoms with Crippen molar-refractivity contribution in [3.05, 3.63) is 35.8 Å². The molecule has 19 heavy (non-hydrogen) atoms. The van der Waals surface area contributed by atoms with Crippen LogP contribution in [0.2, 0.25) is 0 Å². The zero-order chi connectivity index (χ0) is 13.2. The maximum Gasteiger partial charge on any atom is 0.355 e. The number of aromatic nitrogens is 2. The van der Waals surface area contributed by atoms with Gasteiger partial charge in [0.1, 0.15) is 11.3 Å². The number of carbonyl (C=O) groups is 1. The van der Waals surface area contributed by atoms with Crippen molar-refractivity contribution in [2.45, 2.75) is 6.04 Å². The first kappa shape index (κ1) is 12.1. The highest BCUT2D eigenvalue weighted by Crippen LogP contribution is 2.20. The van der Waals surface area contributed by atoms with Crippen LogP contribution in [0.25, 0.3) is 5.65 Å². The number of pyridine rings is 1. The molecule has 0 amide bonds. The largest absolute Gasteiger partial charge is 0.464 e. The number of nitrogens with zero attached hydrogens (tertiary/aromatic N) is 2. The maximum absolute atomic E-state index is 11.7. The third-order valence-corrected chi connectivity index (χ3v) is 3.39. The summed E-state index contributed by atoms with van der Waals surface area (Å²) in [6.45, 7) is 2.76. The van der Waals surface area contributed by atoms with Gasteiger partial charge in [0.25, 0.3) is 0 Å². The molecule has 1 aliphatic heterocycles. The fourth-order valence-corrected chi connectivity index (χ4v) is 2.45. The van der Waals surface area contributed by atoms with Gasteiger partial charge in [-0.2, -0.15) is 0 Å². The van der Waals surface area contributed by atoms with Crippen molar-refractivity contribution in [2.75, 3.05) is 26.7 Å². The molecule has 0 radical (unpaired) electrons. The van der Waals surface area contributed by atoms with Gasteiger partial charge in [-0.15, -0.1) is 0 Å². The fourth-order valence-electron chi connectivity index (χ4n) is 2.45. The van der Waals surface area contributed by atoms with Gasteiger partial charge in [0.2, 0.25) is 0 Å². The average molecular weight is 260 g/mol. The Kier molecular flexibility index (Phi) is 3.18. The second-order valence-electron chi connectivity index (χ2n) is 4.50. The molecule has 2 aromatic heterocycles. The van der Waals surface area contributed by atoms with Gasteiger partial charge >= 0.3 is 5.97 Å². The van der Waals surface area contributed by atoms with Gasteiger partial charge in [-0.3, -0.25) is 4.40 Å². The summed E-state index contributed by atoms with van der Waals surface area (Å²) in [7, 11) is 1.38. The maximum atomic E-state index is 11.7. The van der Waals surface area contributed by atoms with Gasteiger partial charge in [-0.1, -0.05) is 6.07 Å². The molecule has 2 N–H and O–H groups in total. The summed E-state index contributed by atoms with van der Waals surface area (Å²) in [6, 6.07) is 3.94. The number of methoxy groups -OCH3 is 1. The van der Waals surface area contributed by atoms with E-state index in [1.807, 2.05) is 6.07 Å². The first-order valence-electron chi connectivity index (χ1n) is 6.29. The van der Waals surface area contributed by atoms with E-state index in [4.69, 9.17) is 4.74 Å². The first-order chi connectivity index (χ1) is 9.31. The summed E-state index contributed by atoms with van der Waals surface area (Å²) in [5.74, 6) is -0.357. The van der Waals surface area contributed by atoms with Crippen molar-refractivity contribution in [3.63, 3.8) is 0 Å². The number of esters is 1. The van der Waals surface area contributed by atoms with E-state index < -0.39 is 0 Å². The minimum atomic E-state index is -0.357. The lowest BCUT2D eigenvalue weighted by molar-refractivity contribution is 0.0592. The van der Waals surface area contributed by atoms with Crippen LogP contribution < -0.4 is 10.6 Å². The minimum Gasteiger partial charge on any atom is -0.464 e. The molecule has 100 valence electrons. The minimum absolute atomic E-state index is 0.213. The van der Waals surface area contributed by atoms with Crippen LogP contribution >= 0.6 is 0 Å². The van der Waals surface area contributed by atoms with E-state index in [1.165, 1.54) is 7.11 Å². The Morgan fingerprint density at radius 3 is 3.11 bits per heavy atom. The lowest BCUT2D eigenvalue weighted by Crippen LogP contribution is -2.42. The fraction of sp³-hybridized carbons (Fsp3) is 0.385.